The molecule has 2 saturated heterocycles. The number of hydrogen-bond acceptors (Lipinski definition) is 3. The molecule has 3 heterocycles. The molecular weight excluding hydrogens is 228 g/mol. The minimum absolute atomic E-state index is 0.885. The lowest BCUT2D eigenvalue weighted by Gasteiger charge is -2.15. The Hall–Kier alpha value is -0.0900. The van der Waals surface area contributed by atoms with Gasteiger partial charge in [-0.15, -0.1) is 11.3 Å². The van der Waals surface area contributed by atoms with E-state index in [4.69, 9.17) is 11.6 Å². The molecule has 82 valence electrons. The number of hydrogen-bond donors (Lipinski definition) is 1. The van der Waals surface area contributed by atoms with Crippen LogP contribution in [0.4, 0.5) is 0 Å². The van der Waals surface area contributed by atoms with Crippen molar-refractivity contribution < 1.29 is 0 Å². The maximum atomic E-state index is 5.92. The molecule has 4 heteroatoms. The minimum atomic E-state index is 0.885. The molecule has 0 bridgehead atoms. The standard InChI is InChI=1S/C11H15ClN2S/c12-10-1-11(15-7-10)6-14-4-8-2-13-3-9(8)5-14/h1,7-9,13H,2-6H2/t8-,9+. The van der Waals surface area contributed by atoms with E-state index < -0.39 is 0 Å². The Balaban J connectivity index is 1.61. The molecule has 1 aromatic heterocycles. The number of thiophene rings is 1. The van der Waals surface area contributed by atoms with Gasteiger partial charge in [-0.3, -0.25) is 4.90 Å². The summed E-state index contributed by atoms with van der Waals surface area (Å²) in [7, 11) is 0. The first-order valence-electron chi connectivity index (χ1n) is 5.47. The molecule has 2 nitrogen and oxygen atoms in total. The topological polar surface area (TPSA) is 15.3 Å². The number of likely N-dealkylation sites (tertiary alicyclic amines) is 1. The van der Waals surface area contributed by atoms with Crippen molar-refractivity contribution in [3.8, 4) is 0 Å². The van der Waals surface area contributed by atoms with Gasteiger partial charge in [-0.05, 0) is 31.0 Å². The van der Waals surface area contributed by atoms with Crippen molar-refractivity contribution >= 4 is 22.9 Å². The quantitative estimate of drug-likeness (QED) is 0.854. The maximum absolute atomic E-state index is 5.92. The number of halogens is 1. The fourth-order valence-corrected chi connectivity index (χ4v) is 3.85. The first-order valence-corrected chi connectivity index (χ1v) is 6.73. The number of nitrogens with one attached hydrogen (secondary N) is 1. The Morgan fingerprint density at radius 2 is 2.13 bits per heavy atom. The second kappa shape index (κ2) is 4.06. The lowest BCUT2D eigenvalue weighted by molar-refractivity contribution is 0.308. The first kappa shape index (κ1) is 10.1. The smallest absolute Gasteiger partial charge is 0.0516 e. The van der Waals surface area contributed by atoms with Gasteiger partial charge in [0.15, 0.2) is 0 Å². The Bertz CT molecular complexity index is 340. The van der Waals surface area contributed by atoms with Gasteiger partial charge in [0, 0.05) is 29.9 Å². The largest absolute Gasteiger partial charge is 0.316 e. The molecule has 0 unspecified atom stereocenters. The molecule has 0 aromatic carbocycles. The first-order chi connectivity index (χ1) is 7.31. The summed E-state index contributed by atoms with van der Waals surface area (Å²) < 4.78 is 0. The van der Waals surface area contributed by atoms with E-state index in [1.807, 2.05) is 5.38 Å². The molecule has 0 radical (unpaired) electrons. The van der Waals surface area contributed by atoms with Crippen LogP contribution in [0.2, 0.25) is 5.02 Å². The summed E-state index contributed by atoms with van der Waals surface area (Å²) in [6.45, 7) is 6.03. The van der Waals surface area contributed by atoms with Crippen LogP contribution in [0.15, 0.2) is 11.4 Å². The van der Waals surface area contributed by atoms with E-state index in [0.29, 0.717) is 0 Å². The lowest BCUT2D eigenvalue weighted by atomic mass is 10.0. The summed E-state index contributed by atoms with van der Waals surface area (Å²) in [5.74, 6) is 1.78. The third-order valence-corrected chi connectivity index (χ3v) is 4.74. The summed E-state index contributed by atoms with van der Waals surface area (Å²) in [5, 5.41) is 6.38. The molecule has 2 fully saturated rings. The zero-order chi connectivity index (χ0) is 10.3. The van der Waals surface area contributed by atoms with Crippen LogP contribution in [0.25, 0.3) is 0 Å². The average Bonchev–Trinajstić information content (AvgIpc) is 2.81. The van der Waals surface area contributed by atoms with Crippen LogP contribution in [-0.2, 0) is 6.54 Å². The van der Waals surface area contributed by atoms with Gasteiger partial charge >= 0.3 is 0 Å². The molecule has 0 amide bonds. The van der Waals surface area contributed by atoms with E-state index in [0.717, 1.165) is 23.4 Å². The fourth-order valence-electron chi connectivity index (χ4n) is 2.74. The highest BCUT2D eigenvalue weighted by molar-refractivity contribution is 7.10. The molecule has 2 atom stereocenters. The average molecular weight is 243 g/mol. The van der Waals surface area contributed by atoms with Crippen LogP contribution in [-0.4, -0.2) is 31.1 Å². The van der Waals surface area contributed by atoms with Gasteiger partial charge < -0.3 is 5.32 Å². The van der Waals surface area contributed by atoms with E-state index in [1.165, 1.54) is 31.1 Å². The van der Waals surface area contributed by atoms with Crippen molar-refractivity contribution in [3.63, 3.8) is 0 Å². The third kappa shape index (κ3) is 2.07. The van der Waals surface area contributed by atoms with E-state index in [9.17, 15) is 0 Å². The number of nitrogens with zero attached hydrogens (tertiary/aromatic N) is 1. The molecular formula is C11H15ClN2S. The van der Waals surface area contributed by atoms with E-state index in [1.54, 1.807) is 11.3 Å². The number of fused-ring (bicyclic) bond motifs is 1. The van der Waals surface area contributed by atoms with Crippen molar-refractivity contribution in [1.29, 1.82) is 0 Å². The maximum Gasteiger partial charge on any atom is 0.0516 e. The highest BCUT2D eigenvalue weighted by atomic mass is 35.5. The molecule has 0 aliphatic carbocycles. The number of rotatable bonds is 2. The van der Waals surface area contributed by atoms with Gasteiger partial charge in [0.25, 0.3) is 0 Å². The molecule has 15 heavy (non-hydrogen) atoms. The Morgan fingerprint density at radius 3 is 2.73 bits per heavy atom. The minimum Gasteiger partial charge on any atom is -0.316 e. The molecule has 2 aliphatic rings. The lowest BCUT2D eigenvalue weighted by Crippen LogP contribution is -2.24. The van der Waals surface area contributed by atoms with Crippen molar-refractivity contribution in [1.82, 2.24) is 10.2 Å². The fraction of sp³-hybridized carbons (Fsp3) is 0.636. The second-order valence-corrected chi connectivity index (χ2v) is 6.04. The van der Waals surface area contributed by atoms with Gasteiger partial charge in [0.2, 0.25) is 0 Å². The summed E-state index contributed by atoms with van der Waals surface area (Å²) >= 11 is 7.70. The summed E-state index contributed by atoms with van der Waals surface area (Å²) in [6.07, 6.45) is 0. The Kier molecular flexibility index (Phi) is 2.73. The van der Waals surface area contributed by atoms with Crippen LogP contribution < -0.4 is 5.32 Å². The Labute approximate surface area is 99.2 Å². The second-order valence-electron chi connectivity index (χ2n) is 4.60. The van der Waals surface area contributed by atoms with Gasteiger partial charge in [0.1, 0.15) is 0 Å². The van der Waals surface area contributed by atoms with Crippen LogP contribution >= 0.6 is 22.9 Å². The third-order valence-electron chi connectivity index (χ3n) is 3.47. The highest BCUT2D eigenvalue weighted by Gasteiger charge is 2.35. The zero-order valence-electron chi connectivity index (χ0n) is 8.58. The molecule has 1 N–H and O–H groups in total. The summed E-state index contributed by atoms with van der Waals surface area (Å²) in [4.78, 5) is 3.96. The van der Waals surface area contributed by atoms with Crippen molar-refractivity contribution in [2.45, 2.75) is 6.54 Å². The SMILES string of the molecule is Clc1csc(CN2C[C@H]3CNC[C@H]3C2)c1. The molecule has 3 rings (SSSR count). The molecule has 1 aromatic rings. The van der Waals surface area contributed by atoms with Crippen molar-refractivity contribution in [3.05, 3.63) is 21.3 Å². The van der Waals surface area contributed by atoms with Crippen LogP contribution in [0.5, 0.6) is 0 Å². The van der Waals surface area contributed by atoms with Crippen LogP contribution in [0, 0.1) is 11.8 Å². The predicted molar refractivity (Wildman–Crippen MR) is 64.5 cm³/mol. The van der Waals surface area contributed by atoms with Gasteiger partial charge in [-0.2, -0.15) is 0 Å². The highest BCUT2D eigenvalue weighted by Crippen LogP contribution is 2.29. The van der Waals surface area contributed by atoms with Crippen LogP contribution in [0.3, 0.4) is 0 Å². The zero-order valence-corrected chi connectivity index (χ0v) is 10.2. The molecule has 0 saturated carbocycles. The van der Waals surface area contributed by atoms with Gasteiger partial charge in [0.05, 0.1) is 5.02 Å². The van der Waals surface area contributed by atoms with Crippen molar-refractivity contribution in [2.24, 2.45) is 11.8 Å². The Morgan fingerprint density at radius 1 is 1.40 bits per heavy atom. The monoisotopic (exact) mass is 242 g/mol. The van der Waals surface area contributed by atoms with Gasteiger partial charge in [-0.1, -0.05) is 11.6 Å². The van der Waals surface area contributed by atoms with Gasteiger partial charge in [-0.25, -0.2) is 0 Å². The molecule has 2 aliphatic heterocycles. The van der Waals surface area contributed by atoms with E-state index in [-0.39, 0.29) is 0 Å². The molecule has 0 spiro atoms. The summed E-state index contributed by atoms with van der Waals surface area (Å²) in [5.41, 5.74) is 0. The van der Waals surface area contributed by atoms with E-state index in [2.05, 4.69) is 16.3 Å². The normalized spacial score (nSPS) is 31.0. The summed E-state index contributed by atoms with van der Waals surface area (Å²) in [6, 6.07) is 2.10. The van der Waals surface area contributed by atoms with Crippen molar-refractivity contribution in [2.75, 3.05) is 26.2 Å². The van der Waals surface area contributed by atoms with Crippen LogP contribution in [0.1, 0.15) is 4.88 Å². The van der Waals surface area contributed by atoms with E-state index >= 15 is 0 Å². The predicted octanol–water partition coefficient (Wildman–Crippen LogP) is 2.05.